The van der Waals surface area contributed by atoms with E-state index in [-0.39, 0.29) is 12.5 Å². The number of unbranched alkanes of at least 4 members (excludes halogenated alkanes) is 33. The molecule has 1 rings (SSSR count). The van der Waals surface area contributed by atoms with Gasteiger partial charge in [-0.25, -0.2) is 0 Å². The minimum Gasteiger partial charge on any atom is -0.394 e. The Morgan fingerprint density at radius 1 is 0.559 bits per heavy atom. The van der Waals surface area contributed by atoms with Crippen molar-refractivity contribution in [2.75, 3.05) is 13.2 Å². The molecule has 0 saturated carbocycles. The monoisotopic (exact) mass is 840 g/mol. The number of amides is 1. The molecule has 1 saturated heterocycles. The highest BCUT2D eigenvalue weighted by Crippen LogP contribution is 2.23. The average Bonchev–Trinajstić information content (AvgIpc) is 3.23. The second-order valence-corrected chi connectivity index (χ2v) is 18.0. The highest BCUT2D eigenvalue weighted by atomic mass is 16.7. The smallest absolute Gasteiger partial charge is 0.220 e. The van der Waals surface area contributed by atoms with E-state index in [1.165, 1.54) is 186 Å². The molecule has 7 atom stereocenters. The first-order valence-electron chi connectivity index (χ1n) is 25.4. The van der Waals surface area contributed by atoms with E-state index in [0.717, 1.165) is 38.5 Å². The van der Waals surface area contributed by atoms with Crippen LogP contribution in [0.3, 0.4) is 0 Å². The number of carbonyl (C=O) groups is 1. The lowest BCUT2D eigenvalue weighted by molar-refractivity contribution is -0.302. The Bertz CT molecular complexity index is 935. The lowest BCUT2D eigenvalue weighted by Gasteiger charge is -2.40. The number of carbonyl (C=O) groups excluding carboxylic acids is 1. The number of hydrogen-bond donors (Lipinski definition) is 6. The lowest BCUT2D eigenvalue weighted by Crippen LogP contribution is -2.60. The zero-order valence-corrected chi connectivity index (χ0v) is 38.5. The van der Waals surface area contributed by atoms with Gasteiger partial charge < -0.3 is 40.3 Å². The summed E-state index contributed by atoms with van der Waals surface area (Å²) in [5.74, 6) is -0.174. The van der Waals surface area contributed by atoms with Crippen molar-refractivity contribution in [3.63, 3.8) is 0 Å². The molecule has 7 unspecified atom stereocenters. The van der Waals surface area contributed by atoms with Crippen LogP contribution in [0.15, 0.2) is 12.2 Å². The van der Waals surface area contributed by atoms with E-state index in [1.807, 2.05) is 6.08 Å². The zero-order chi connectivity index (χ0) is 43.0. The largest absolute Gasteiger partial charge is 0.394 e. The summed E-state index contributed by atoms with van der Waals surface area (Å²) >= 11 is 0. The van der Waals surface area contributed by atoms with Gasteiger partial charge in [0.25, 0.3) is 0 Å². The average molecular weight is 840 g/mol. The maximum atomic E-state index is 13.0. The molecule has 59 heavy (non-hydrogen) atoms. The Kier molecular flexibility index (Phi) is 38.9. The Labute approximate surface area is 363 Å². The highest BCUT2D eigenvalue weighted by Gasteiger charge is 2.44. The van der Waals surface area contributed by atoms with Crippen LogP contribution in [-0.2, 0) is 14.3 Å². The van der Waals surface area contributed by atoms with Gasteiger partial charge in [0.05, 0.1) is 25.4 Å². The van der Waals surface area contributed by atoms with Crippen LogP contribution in [0.1, 0.15) is 245 Å². The fourth-order valence-corrected chi connectivity index (χ4v) is 8.28. The van der Waals surface area contributed by atoms with Gasteiger partial charge in [-0.15, -0.1) is 0 Å². The van der Waals surface area contributed by atoms with Crippen molar-refractivity contribution in [3.8, 4) is 0 Å². The molecule has 0 aromatic heterocycles. The van der Waals surface area contributed by atoms with Gasteiger partial charge in [0.2, 0.25) is 5.91 Å². The molecule has 350 valence electrons. The second-order valence-electron chi connectivity index (χ2n) is 18.0. The van der Waals surface area contributed by atoms with E-state index < -0.39 is 49.5 Å². The van der Waals surface area contributed by atoms with E-state index in [2.05, 4.69) is 19.2 Å². The van der Waals surface area contributed by atoms with Crippen LogP contribution in [-0.4, -0.2) is 87.5 Å². The van der Waals surface area contributed by atoms with E-state index in [1.54, 1.807) is 6.08 Å². The summed E-state index contributed by atoms with van der Waals surface area (Å²) in [5.41, 5.74) is 0. The first kappa shape index (κ1) is 55.9. The van der Waals surface area contributed by atoms with Gasteiger partial charge in [-0.3, -0.25) is 4.79 Å². The molecule has 0 spiro atoms. The third-order valence-electron chi connectivity index (χ3n) is 12.4. The van der Waals surface area contributed by atoms with Crippen LogP contribution < -0.4 is 5.32 Å². The lowest BCUT2D eigenvalue weighted by atomic mass is 9.99. The molecule has 1 aliphatic heterocycles. The molecule has 9 heteroatoms. The van der Waals surface area contributed by atoms with Crippen LogP contribution in [0.25, 0.3) is 0 Å². The minimum absolute atomic E-state index is 0.174. The number of rotatable bonds is 43. The maximum absolute atomic E-state index is 13.0. The van der Waals surface area contributed by atoms with E-state index in [4.69, 9.17) is 9.47 Å². The van der Waals surface area contributed by atoms with Crippen molar-refractivity contribution in [1.82, 2.24) is 5.32 Å². The number of allylic oxidation sites excluding steroid dienone is 1. The minimum atomic E-state index is -1.56. The highest BCUT2D eigenvalue weighted by molar-refractivity contribution is 5.76. The number of aliphatic hydroxyl groups is 5. The van der Waals surface area contributed by atoms with Crippen LogP contribution >= 0.6 is 0 Å². The standard InChI is InChI=1S/C50H97NO8/c1-3-5-7-9-11-13-15-16-17-18-19-20-21-22-23-24-25-26-27-28-29-30-32-34-36-38-40-46(54)51-43(42-58-50-49(57)48(56)47(55)45(41-52)59-50)44(53)39-37-35-33-31-14-12-10-8-6-4-2/h37,39,43-45,47-50,52-53,55-57H,3-36,38,40-42H2,1-2H3,(H,51,54)/b39-37+. The predicted molar refractivity (Wildman–Crippen MR) is 244 cm³/mol. The Morgan fingerprint density at radius 3 is 1.32 bits per heavy atom. The number of nitrogens with one attached hydrogen (secondary N) is 1. The van der Waals surface area contributed by atoms with Crippen molar-refractivity contribution in [2.45, 2.75) is 288 Å². The fraction of sp³-hybridized carbons (Fsp3) is 0.940. The Hall–Kier alpha value is -1.07. The molecule has 6 N–H and O–H groups in total. The van der Waals surface area contributed by atoms with Crippen molar-refractivity contribution >= 4 is 5.91 Å². The van der Waals surface area contributed by atoms with Crippen LogP contribution in [0.5, 0.6) is 0 Å². The summed E-state index contributed by atoms with van der Waals surface area (Å²) in [6.45, 7) is 3.77. The van der Waals surface area contributed by atoms with Crippen molar-refractivity contribution in [2.24, 2.45) is 0 Å². The van der Waals surface area contributed by atoms with Gasteiger partial charge in [0, 0.05) is 6.42 Å². The first-order chi connectivity index (χ1) is 28.8. The molecule has 1 fully saturated rings. The number of aliphatic hydroxyl groups excluding tert-OH is 5. The van der Waals surface area contributed by atoms with Gasteiger partial charge in [-0.05, 0) is 19.3 Å². The third-order valence-corrected chi connectivity index (χ3v) is 12.4. The summed E-state index contributed by atoms with van der Waals surface area (Å²) in [4.78, 5) is 13.0. The van der Waals surface area contributed by atoms with Gasteiger partial charge in [-0.1, -0.05) is 231 Å². The summed E-state index contributed by atoms with van der Waals surface area (Å²) in [6.07, 6.45) is 41.4. The number of hydrogen-bond acceptors (Lipinski definition) is 8. The summed E-state index contributed by atoms with van der Waals surface area (Å²) in [6, 6.07) is -0.797. The Balaban J connectivity index is 2.16. The molecule has 1 heterocycles. The van der Waals surface area contributed by atoms with Gasteiger partial charge >= 0.3 is 0 Å². The van der Waals surface area contributed by atoms with Crippen LogP contribution in [0.4, 0.5) is 0 Å². The van der Waals surface area contributed by atoms with Crippen LogP contribution in [0.2, 0.25) is 0 Å². The molecule has 1 amide bonds. The molecular formula is C50H97NO8. The quantitative estimate of drug-likeness (QED) is 0.0263. The van der Waals surface area contributed by atoms with Crippen molar-refractivity contribution in [3.05, 3.63) is 12.2 Å². The summed E-state index contributed by atoms with van der Waals surface area (Å²) in [7, 11) is 0. The van der Waals surface area contributed by atoms with Gasteiger partial charge in [-0.2, -0.15) is 0 Å². The Morgan fingerprint density at radius 2 is 0.932 bits per heavy atom. The predicted octanol–water partition coefficient (Wildman–Crippen LogP) is 11.3. The summed E-state index contributed by atoms with van der Waals surface area (Å²) < 4.78 is 11.2. The molecule has 0 aliphatic carbocycles. The summed E-state index contributed by atoms with van der Waals surface area (Å²) in [5, 5.41) is 54.1. The van der Waals surface area contributed by atoms with Gasteiger partial charge in [0.15, 0.2) is 6.29 Å². The van der Waals surface area contributed by atoms with Gasteiger partial charge in [0.1, 0.15) is 24.4 Å². The first-order valence-corrected chi connectivity index (χ1v) is 25.4. The van der Waals surface area contributed by atoms with E-state index >= 15 is 0 Å². The molecule has 0 aromatic rings. The third kappa shape index (κ3) is 31.4. The molecule has 0 radical (unpaired) electrons. The molecule has 1 aliphatic rings. The van der Waals surface area contributed by atoms with E-state index in [9.17, 15) is 30.3 Å². The molecule has 9 nitrogen and oxygen atoms in total. The molecule has 0 bridgehead atoms. The fourth-order valence-electron chi connectivity index (χ4n) is 8.28. The second kappa shape index (κ2) is 41.0. The topological polar surface area (TPSA) is 149 Å². The molecule has 0 aromatic carbocycles. The van der Waals surface area contributed by atoms with E-state index in [0.29, 0.717) is 6.42 Å². The van der Waals surface area contributed by atoms with Crippen molar-refractivity contribution < 1.29 is 39.8 Å². The maximum Gasteiger partial charge on any atom is 0.220 e. The normalized spacial score (nSPS) is 20.7. The molecular weight excluding hydrogens is 743 g/mol. The van der Waals surface area contributed by atoms with Crippen LogP contribution in [0, 0.1) is 0 Å². The SMILES string of the molecule is CCCCCCCCCC/C=C/C(O)C(COC1OC(CO)C(O)C(O)C1O)NC(=O)CCCCCCCCCCCCCCCCCCCCCCCCCCCC. The number of ether oxygens (including phenoxy) is 2. The van der Waals surface area contributed by atoms with Crippen molar-refractivity contribution in [1.29, 1.82) is 0 Å². The zero-order valence-electron chi connectivity index (χ0n) is 38.5.